The molecule has 7 heteroatoms. The Kier molecular flexibility index (Phi) is 7.29. The van der Waals surface area contributed by atoms with Crippen LogP contribution in [0.5, 0.6) is 0 Å². The number of aromatic nitrogens is 1. The van der Waals surface area contributed by atoms with Crippen LogP contribution in [0.25, 0.3) is 0 Å². The Morgan fingerprint density at radius 2 is 2.29 bits per heavy atom. The van der Waals surface area contributed by atoms with Crippen molar-refractivity contribution >= 4 is 29.7 Å². The summed E-state index contributed by atoms with van der Waals surface area (Å²) < 4.78 is 4.80. The normalized spacial score (nSPS) is 13.9. The van der Waals surface area contributed by atoms with Gasteiger partial charge in [0.05, 0.1) is 5.51 Å². The molecule has 0 aliphatic carbocycles. The largest absolute Gasteiger partial charge is 0.431 e. The number of aliphatic hydroxyl groups is 1. The first-order valence-electron chi connectivity index (χ1n) is 5.03. The van der Waals surface area contributed by atoms with Crippen LogP contribution in [0.3, 0.4) is 0 Å². The van der Waals surface area contributed by atoms with Gasteiger partial charge in [-0.1, -0.05) is 13.8 Å². The van der Waals surface area contributed by atoms with Crippen molar-refractivity contribution in [1.29, 1.82) is 0 Å². The number of ether oxygens (including phenoxy) is 1. The highest BCUT2D eigenvalue weighted by molar-refractivity contribution is 7.07. The second-order valence-corrected chi connectivity index (χ2v) is 4.60. The number of esters is 1. The minimum atomic E-state index is -1.17. The zero-order chi connectivity index (χ0) is 12.1. The van der Waals surface area contributed by atoms with Gasteiger partial charge in [0.1, 0.15) is 0 Å². The summed E-state index contributed by atoms with van der Waals surface area (Å²) in [5.41, 5.74) is 7.49. The van der Waals surface area contributed by atoms with Crippen molar-refractivity contribution in [1.82, 2.24) is 4.98 Å². The van der Waals surface area contributed by atoms with E-state index < -0.39 is 12.3 Å². The van der Waals surface area contributed by atoms with Crippen molar-refractivity contribution in [3.05, 3.63) is 16.6 Å². The highest BCUT2D eigenvalue weighted by Crippen LogP contribution is 2.10. The van der Waals surface area contributed by atoms with Gasteiger partial charge in [-0.25, -0.2) is 9.78 Å². The smallest absolute Gasteiger partial charge is 0.360 e. The molecular weight excluding hydrogens is 264 g/mol. The minimum absolute atomic E-state index is 0. The summed E-state index contributed by atoms with van der Waals surface area (Å²) in [6.45, 7) is 3.89. The Morgan fingerprint density at radius 1 is 1.65 bits per heavy atom. The van der Waals surface area contributed by atoms with E-state index in [1.54, 1.807) is 5.38 Å². The maximum absolute atomic E-state index is 11.4. The molecule has 0 aromatic carbocycles. The second-order valence-electron chi connectivity index (χ2n) is 3.88. The Labute approximate surface area is 110 Å². The van der Waals surface area contributed by atoms with Crippen LogP contribution in [-0.4, -0.2) is 28.4 Å². The van der Waals surface area contributed by atoms with Gasteiger partial charge in [0.15, 0.2) is 5.69 Å². The van der Waals surface area contributed by atoms with Gasteiger partial charge in [0.2, 0.25) is 6.29 Å². The fourth-order valence-corrected chi connectivity index (χ4v) is 1.57. The average Bonchev–Trinajstić information content (AvgIpc) is 2.69. The molecule has 0 unspecified atom stereocenters. The van der Waals surface area contributed by atoms with E-state index >= 15 is 0 Å². The molecule has 0 aliphatic heterocycles. The molecule has 2 atom stereocenters. The Bertz CT molecular complexity index is 332. The lowest BCUT2D eigenvalue weighted by Gasteiger charge is -2.19. The van der Waals surface area contributed by atoms with E-state index in [9.17, 15) is 9.90 Å². The lowest BCUT2D eigenvalue weighted by Crippen LogP contribution is -2.33. The monoisotopic (exact) mass is 280 g/mol. The van der Waals surface area contributed by atoms with Crippen molar-refractivity contribution in [2.75, 3.05) is 0 Å². The first kappa shape index (κ1) is 16.3. The maximum atomic E-state index is 11.4. The van der Waals surface area contributed by atoms with Gasteiger partial charge in [-0.3, -0.25) is 0 Å². The number of nitrogens with zero attached hydrogens (tertiary/aromatic N) is 1. The van der Waals surface area contributed by atoms with Gasteiger partial charge in [-0.15, -0.1) is 23.7 Å². The lowest BCUT2D eigenvalue weighted by molar-refractivity contribution is -0.0734. The van der Waals surface area contributed by atoms with Crippen molar-refractivity contribution in [2.24, 2.45) is 11.7 Å². The van der Waals surface area contributed by atoms with Gasteiger partial charge >= 0.3 is 5.97 Å². The molecule has 0 aliphatic rings. The summed E-state index contributed by atoms with van der Waals surface area (Å²) in [7, 11) is 0. The number of carbonyl (C=O) groups excluding carboxylic acids is 1. The van der Waals surface area contributed by atoms with Gasteiger partial charge < -0.3 is 15.6 Å². The predicted molar refractivity (Wildman–Crippen MR) is 68.2 cm³/mol. The van der Waals surface area contributed by atoms with Crippen LogP contribution in [0.2, 0.25) is 0 Å². The third kappa shape index (κ3) is 5.45. The number of hydrogen-bond acceptors (Lipinski definition) is 6. The number of carbonyl (C=O) groups is 1. The summed E-state index contributed by atoms with van der Waals surface area (Å²) in [6.07, 6.45) is -0.945. The average molecular weight is 281 g/mol. The minimum Gasteiger partial charge on any atom is -0.431 e. The lowest BCUT2D eigenvalue weighted by atomic mass is 10.0. The molecule has 1 aromatic heterocycles. The van der Waals surface area contributed by atoms with Crippen LogP contribution in [-0.2, 0) is 4.74 Å². The highest BCUT2D eigenvalue weighted by atomic mass is 35.5. The number of aliphatic hydroxyl groups excluding tert-OH is 1. The third-order valence-electron chi connectivity index (χ3n) is 2.21. The summed E-state index contributed by atoms with van der Waals surface area (Å²) in [6, 6.07) is -0.196. The molecule has 1 rings (SSSR count). The standard InChI is InChI=1S/C10H16N2O3S.ClH/c1-6(2)7(11)3-9(13)15-10(14)8-4-16-5-12-8;/h4-7,9,13H,3,11H2,1-2H3;1H/t7-,9-;/m1./s1. The molecular formula is C10H17ClN2O3S. The van der Waals surface area contributed by atoms with Crippen molar-refractivity contribution < 1.29 is 14.6 Å². The molecule has 1 aromatic rings. The van der Waals surface area contributed by atoms with Gasteiger partial charge in [0, 0.05) is 17.8 Å². The van der Waals surface area contributed by atoms with E-state index in [1.165, 1.54) is 16.8 Å². The molecule has 5 nitrogen and oxygen atoms in total. The predicted octanol–water partition coefficient (Wildman–Crippen LogP) is 1.41. The zero-order valence-electron chi connectivity index (χ0n) is 9.70. The van der Waals surface area contributed by atoms with Crippen molar-refractivity contribution in [3.63, 3.8) is 0 Å². The van der Waals surface area contributed by atoms with Gasteiger partial charge in [0.25, 0.3) is 0 Å². The molecule has 0 bridgehead atoms. The summed E-state index contributed by atoms with van der Waals surface area (Å²) in [5.74, 6) is -0.391. The Morgan fingerprint density at radius 3 is 2.76 bits per heavy atom. The zero-order valence-corrected chi connectivity index (χ0v) is 11.3. The summed E-state index contributed by atoms with van der Waals surface area (Å²) in [5, 5.41) is 11.1. The van der Waals surface area contributed by atoms with E-state index in [2.05, 4.69) is 4.98 Å². The van der Waals surface area contributed by atoms with Crippen LogP contribution in [0.15, 0.2) is 10.9 Å². The molecule has 3 N–H and O–H groups in total. The Balaban J connectivity index is 0.00000256. The first-order chi connectivity index (χ1) is 7.50. The van der Waals surface area contributed by atoms with E-state index in [1.807, 2.05) is 13.8 Å². The van der Waals surface area contributed by atoms with Gasteiger partial charge in [-0.05, 0) is 5.92 Å². The van der Waals surface area contributed by atoms with Crippen molar-refractivity contribution in [2.45, 2.75) is 32.6 Å². The molecule has 17 heavy (non-hydrogen) atoms. The fraction of sp³-hybridized carbons (Fsp3) is 0.600. The number of thiazole rings is 1. The molecule has 0 fully saturated rings. The highest BCUT2D eigenvalue weighted by Gasteiger charge is 2.19. The van der Waals surface area contributed by atoms with Gasteiger partial charge in [-0.2, -0.15) is 0 Å². The molecule has 0 amide bonds. The molecule has 98 valence electrons. The van der Waals surface area contributed by atoms with Crippen LogP contribution >= 0.6 is 23.7 Å². The van der Waals surface area contributed by atoms with Crippen LogP contribution in [0.4, 0.5) is 0 Å². The van der Waals surface area contributed by atoms with Crippen LogP contribution in [0, 0.1) is 5.92 Å². The summed E-state index contributed by atoms with van der Waals surface area (Å²) >= 11 is 1.30. The van der Waals surface area contributed by atoms with E-state index in [4.69, 9.17) is 10.5 Å². The molecule has 0 radical (unpaired) electrons. The fourth-order valence-electron chi connectivity index (χ4n) is 1.05. The summed E-state index contributed by atoms with van der Waals surface area (Å²) in [4.78, 5) is 15.2. The number of nitrogens with two attached hydrogens (primary N) is 1. The second kappa shape index (κ2) is 7.60. The van der Waals surface area contributed by atoms with E-state index in [0.717, 1.165) is 0 Å². The van der Waals surface area contributed by atoms with E-state index in [0.29, 0.717) is 0 Å². The third-order valence-corrected chi connectivity index (χ3v) is 2.80. The quantitative estimate of drug-likeness (QED) is 0.629. The Hall–Kier alpha value is -0.690. The maximum Gasteiger partial charge on any atom is 0.360 e. The van der Waals surface area contributed by atoms with Crippen LogP contribution in [0.1, 0.15) is 30.8 Å². The molecule has 0 saturated carbocycles. The molecule has 0 saturated heterocycles. The number of rotatable bonds is 5. The van der Waals surface area contributed by atoms with E-state index in [-0.39, 0.29) is 36.5 Å². The number of halogens is 1. The molecule has 0 spiro atoms. The molecule has 1 heterocycles. The topological polar surface area (TPSA) is 85.4 Å². The van der Waals surface area contributed by atoms with Crippen molar-refractivity contribution in [3.8, 4) is 0 Å². The van der Waals surface area contributed by atoms with Crippen LogP contribution < -0.4 is 5.73 Å². The SMILES string of the molecule is CC(C)[C@H](N)C[C@H](O)OC(=O)c1cscn1.Cl. The first-order valence-corrected chi connectivity index (χ1v) is 5.97. The number of hydrogen-bond donors (Lipinski definition) is 2.